The van der Waals surface area contributed by atoms with Gasteiger partial charge in [0.15, 0.2) is 0 Å². The third kappa shape index (κ3) is 4.09. The fourth-order valence-corrected chi connectivity index (χ4v) is 4.51. The number of ether oxygens (including phenoxy) is 2. The summed E-state index contributed by atoms with van der Waals surface area (Å²) in [6.45, 7) is 11.2. The van der Waals surface area contributed by atoms with Gasteiger partial charge < -0.3 is 9.47 Å². The van der Waals surface area contributed by atoms with E-state index in [-0.39, 0.29) is 12.4 Å². The third-order valence-electron chi connectivity index (χ3n) is 5.82. The van der Waals surface area contributed by atoms with Crippen LogP contribution in [0.25, 0.3) is 0 Å². The molecule has 1 aromatic carbocycles. The van der Waals surface area contributed by atoms with Gasteiger partial charge in [0.05, 0.1) is 11.0 Å². The van der Waals surface area contributed by atoms with Crippen molar-refractivity contribution in [3.05, 3.63) is 51.7 Å². The predicted octanol–water partition coefficient (Wildman–Crippen LogP) is 6.07. The van der Waals surface area contributed by atoms with Crippen molar-refractivity contribution >= 4 is 11.3 Å². The summed E-state index contributed by atoms with van der Waals surface area (Å²) in [5, 5.41) is 2.12. The van der Waals surface area contributed by atoms with Gasteiger partial charge >= 0.3 is 0 Å². The van der Waals surface area contributed by atoms with Gasteiger partial charge in [-0.25, -0.2) is 0 Å². The standard InChI is InChI=1S/C22H30O2S/c1-6-19-16(4)15(3)17(5)22(23-19)24-20-11-12-25-21(20)13-18-9-7-14(2)8-10-18/h7-12,15-17,19,22H,6,13H2,1-5H3. The first kappa shape index (κ1) is 18.5. The Morgan fingerprint density at radius 1 is 1.00 bits per heavy atom. The van der Waals surface area contributed by atoms with Gasteiger partial charge in [-0.1, -0.05) is 57.5 Å². The lowest BCUT2D eigenvalue weighted by atomic mass is 9.78. The molecule has 1 aliphatic rings. The fourth-order valence-electron chi connectivity index (χ4n) is 3.67. The maximum absolute atomic E-state index is 6.37. The Balaban J connectivity index is 1.73. The van der Waals surface area contributed by atoms with Crippen LogP contribution >= 0.6 is 11.3 Å². The molecule has 0 bridgehead atoms. The number of benzene rings is 1. The van der Waals surface area contributed by atoms with E-state index >= 15 is 0 Å². The molecule has 0 saturated carbocycles. The predicted molar refractivity (Wildman–Crippen MR) is 105 cm³/mol. The number of hydrogen-bond acceptors (Lipinski definition) is 3. The Labute approximate surface area is 156 Å². The molecule has 0 N–H and O–H groups in total. The zero-order valence-electron chi connectivity index (χ0n) is 16.0. The fraction of sp³-hybridized carbons (Fsp3) is 0.545. The van der Waals surface area contributed by atoms with E-state index in [1.54, 1.807) is 11.3 Å². The Kier molecular flexibility index (Phi) is 5.85. The summed E-state index contributed by atoms with van der Waals surface area (Å²) in [4.78, 5) is 1.28. The molecule has 2 aromatic rings. The summed E-state index contributed by atoms with van der Waals surface area (Å²) in [5.74, 6) is 2.56. The van der Waals surface area contributed by atoms with Crippen LogP contribution in [0.3, 0.4) is 0 Å². The highest BCUT2D eigenvalue weighted by atomic mass is 32.1. The van der Waals surface area contributed by atoms with Gasteiger partial charge in [0.2, 0.25) is 6.29 Å². The van der Waals surface area contributed by atoms with E-state index < -0.39 is 0 Å². The maximum atomic E-state index is 6.37. The summed E-state index contributed by atoms with van der Waals surface area (Å²) < 4.78 is 12.7. The second-order valence-electron chi connectivity index (χ2n) is 7.52. The Bertz CT molecular complexity index is 674. The summed E-state index contributed by atoms with van der Waals surface area (Å²) in [6.07, 6.45) is 2.09. The molecule has 25 heavy (non-hydrogen) atoms. The maximum Gasteiger partial charge on any atom is 0.202 e. The van der Waals surface area contributed by atoms with Crippen LogP contribution in [0.1, 0.15) is 50.1 Å². The molecule has 1 aliphatic heterocycles. The monoisotopic (exact) mass is 358 g/mol. The van der Waals surface area contributed by atoms with E-state index in [0.29, 0.717) is 17.8 Å². The SMILES string of the molecule is CCC1OC(Oc2ccsc2Cc2ccc(C)cc2)C(C)C(C)C1C. The zero-order chi connectivity index (χ0) is 18.0. The van der Waals surface area contributed by atoms with Crippen molar-refractivity contribution in [1.29, 1.82) is 0 Å². The molecular formula is C22H30O2S. The highest BCUT2D eigenvalue weighted by Crippen LogP contribution is 2.38. The van der Waals surface area contributed by atoms with Gasteiger partial charge in [-0.15, -0.1) is 11.3 Å². The molecule has 5 atom stereocenters. The smallest absolute Gasteiger partial charge is 0.202 e. The van der Waals surface area contributed by atoms with Crippen LogP contribution < -0.4 is 4.74 Å². The Morgan fingerprint density at radius 3 is 2.40 bits per heavy atom. The van der Waals surface area contributed by atoms with Crippen LogP contribution in [-0.2, 0) is 11.2 Å². The van der Waals surface area contributed by atoms with E-state index in [2.05, 4.69) is 70.3 Å². The highest BCUT2D eigenvalue weighted by molar-refractivity contribution is 7.10. The summed E-state index contributed by atoms with van der Waals surface area (Å²) in [5.41, 5.74) is 2.62. The molecule has 2 nitrogen and oxygen atoms in total. The average molecular weight is 359 g/mol. The molecule has 3 heteroatoms. The van der Waals surface area contributed by atoms with E-state index in [1.807, 2.05) is 0 Å². The first-order chi connectivity index (χ1) is 12.0. The molecule has 1 fully saturated rings. The number of aryl methyl sites for hydroxylation is 1. The van der Waals surface area contributed by atoms with Crippen LogP contribution in [0, 0.1) is 24.7 Å². The summed E-state index contributed by atoms with van der Waals surface area (Å²) in [7, 11) is 0. The highest BCUT2D eigenvalue weighted by Gasteiger charge is 2.39. The van der Waals surface area contributed by atoms with E-state index in [4.69, 9.17) is 9.47 Å². The summed E-state index contributed by atoms with van der Waals surface area (Å²) in [6, 6.07) is 10.8. The third-order valence-corrected chi connectivity index (χ3v) is 6.72. The summed E-state index contributed by atoms with van der Waals surface area (Å²) >= 11 is 1.77. The zero-order valence-corrected chi connectivity index (χ0v) is 16.8. The minimum absolute atomic E-state index is 0.150. The molecule has 3 rings (SSSR count). The van der Waals surface area contributed by atoms with Crippen LogP contribution in [0.15, 0.2) is 35.7 Å². The lowest BCUT2D eigenvalue weighted by Gasteiger charge is -2.43. The quantitative estimate of drug-likeness (QED) is 0.646. The average Bonchev–Trinajstić information content (AvgIpc) is 3.04. The lowest BCUT2D eigenvalue weighted by molar-refractivity contribution is -0.211. The van der Waals surface area contributed by atoms with Gasteiger partial charge in [0.1, 0.15) is 5.75 Å². The van der Waals surface area contributed by atoms with Crippen LogP contribution in [0.4, 0.5) is 0 Å². The molecular weight excluding hydrogens is 328 g/mol. The lowest BCUT2D eigenvalue weighted by Crippen LogP contribution is -2.47. The van der Waals surface area contributed by atoms with Crippen molar-refractivity contribution in [2.75, 3.05) is 0 Å². The van der Waals surface area contributed by atoms with Gasteiger partial charge in [-0.2, -0.15) is 0 Å². The molecule has 0 amide bonds. The molecule has 0 aliphatic carbocycles. The Hall–Kier alpha value is -1.32. The first-order valence-corrected chi connectivity index (χ1v) is 10.3. The first-order valence-electron chi connectivity index (χ1n) is 9.43. The van der Waals surface area contributed by atoms with Crippen molar-refractivity contribution in [1.82, 2.24) is 0 Å². The van der Waals surface area contributed by atoms with Gasteiger partial charge in [0.25, 0.3) is 0 Å². The number of hydrogen-bond donors (Lipinski definition) is 0. The van der Waals surface area contributed by atoms with E-state index in [9.17, 15) is 0 Å². The van der Waals surface area contributed by atoms with E-state index in [0.717, 1.165) is 18.6 Å². The second-order valence-corrected chi connectivity index (χ2v) is 8.52. The molecule has 5 unspecified atom stereocenters. The number of rotatable bonds is 5. The molecule has 2 heterocycles. The normalized spacial score (nSPS) is 29.6. The van der Waals surface area contributed by atoms with Crippen molar-refractivity contribution in [2.24, 2.45) is 17.8 Å². The molecule has 1 saturated heterocycles. The molecule has 0 radical (unpaired) electrons. The van der Waals surface area contributed by atoms with E-state index in [1.165, 1.54) is 16.0 Å². The van der Waals surface area contributed by atoms with Gasteiger partial charge in [-0.05, 0) is 42.2 Å². The van der Waals surface area contributed by atoms with Crippen molar-refractivity contribution in [3.8, 4) is 5.75 Å². The van der Waals surface area contributed by atoms with Gasteiger partial charge in [0, 0.05) is 12.3 Å². The number of thiophene rings is 1. The van der Waals surface area contributed by atoms with Crippen molar-refractivity contribution in [2.45, 2.75) is 59.9 Å². The van der Waals surface area contributed by atoms with Crippen LogP contribution in [0.5, 0.6) is 5.75 Å². The topological polar surface area (TPSA) is 18.5 Å². The van der Waals surface area contributed by atoms with Crippen molar-refractivity contribution in [3.63, 3.8) is 0 Å². The minimum Gasteiger partial charge on any atom is -0.463 e. The second kappa shape index (κ2) is 7.92. The van der Waals surface area contributed by atoms with Crippen molar-refractivity contribution < 1.29 is 9.47 Å². The van der Waals surface area contributed by atoms with Crippen LogP contribution in [-0.4, -0.2) is 12.4 Å². The largest absolute Gasteiger partial charge is 0.463 e. The molecule has 0 spiro atoms. The minimum atomic E-state index is -0.150. The molecule has 1 aromatic heterocycles. The van der Waals surface area contributed by atoms with Crippen LogP contribution in [0.2, 0.25) is 0 Å². The molecule has 136 valence electrons. The van der Waals surface area contributed by atoms with Gasteiger partial charge in [-0.3, -0.25) is 0 Å². The Morgan fingerprint density at radius 2 is 1.72 bits per heavy atom.